The first-order valence-electron chi connectivity index (χ1n) is 5.61. The molecule has 0 spiro atoms. The van der Waals surface area contributed by atoms with Gasteiger partial charge in [0, 0.05) is 24.5 Å². The van der Waals surface area contributed by atoms with Crippen molar-refractivity contribution < 1.29 is 41.6 Å². The van der Waals surface area contributed by atoms with E-state index in [0.717, 1.165) is 11.4 Å². The van der Waals surface area contributed by atoms with E-state index in [1.54, 1.807) is 12.4 Å². The predicted molar refractivity (Wildman–Crippen MR) is 69.7 cm³/mol. The maximum atomic E-state index is 4.42. The Balaban J connectivity index is -0.000000853. The van der Waals surface area contributed by atoms with Gasteiger partial charge in [0.2, 0.25) is 0 Å². The second kappa shape index (κ2) is 12.6. The standard InChI is InChI=1S/C13H19N3.2ClH.Co/c1-10(2)14-8-12-6-5-7-13(16-12)9-15-11(3)4;;;/h5-11H,1-4H3;2*1H;/q;;;+2/p-2. The Morgan fingerprint density at radius 1 is 0.895 bits per heavy atom. The summed E-state index contributed by atoms with van der Waals surface area (Å²) in [5.41, 5.74) is 1.75. The van der Waals surface area contributed by atoms with Crippen LogP contribution < -0.4 is 24.8 Å². The Kier molecular flexibility index (Phi) is 15.7. The Hall–Kier alpha value is -0.424. The van der Waals surface area contributed by atoms with Crippen LogP contribution in [0.15, 0.2) is 28.2 Å². The maximum absolute atomic E-state index is 4.42. The van der Waals surface area contributed by atoms with Crippen molar-refractivity contribution >= 4 is 12.4 Å². The Bertz CT molecular complexity index is 360. The van der Waals surface area contributed by atoms with E-state index in [2.05, 4.69) is 15.0 Å². The molecule has 0 amide bonds. The summed E-state index contributed by atoms with van der Waals surface area (Å²) in [7, 11) is 0. The number of halogens is 2. The van der Waals surface area contributed by atoms with Crippen LogP contribution in [0.2, 0.25) is 0 Å². The summed E-state index contributed by atoms with van der Waals surface area (Å²) < 4.78 is 0. The van der Waals surface area contributed by atoms with Gasteiger partial charge in [0.1, 0.15) is 0 Å². The molecule has 0 aromatic carbocycles. The van der Waals surface area contributed by atoms with Crippen LogP contribution in [-0.4, -0.2) is 29.5 Å². The van der Waals surface area contributed by atoms with Crippen LogP contribution in [0.4, 0.5) is 0 Å². The average Bonchev–Trinajstić information content (AvgIpc) is 2.24. The molecule has 0 aliphatic heterocycles. The Morgan fingerprint density at radius 3 is 1.58 bits per heavy atom. The fourth-order valence-electron chi connectivity index (χ4n) is 1.06. The van der Waals surface area contributed by atoms with Gasteiger partial charge in [0.15, 0.2) is 0 Å². The molecule has 0 unspecified atom stereocenters. The molecule has 19 heavy (non-hydrogen) atoms. The first-order valence-corrected chi connectivity index (χ1v) is 5.61. The number of aromatic nitrogens is 1. The molecule has 0 bridgehead atoms. The summed E-state index contributed by atoms with van der Waals surface area (Å²) in [5.74, 6) is 0. The van der Waals surface area contributed by atoms with Crippen LogP contribution in [0.3, 0.4) is 0 Å². The van der Waals surface area contributed by atoms with Gasteiger partial charge >= 0.3 is 16.8 Å². The average molecular weight is 347 g/mol. The van der Waals surface area contributed by atoms with E-state index in [4.69, 9.17) is 0 Å². The van der Waals surface area contributed by atoms with Crippen LogP contribution in [0, 0.1) is 0 Å². The van der Waals surface area contributed by atoms with E-state index < -0.39 is 0 Å². The fourth-order valence-corrected chi connectivity index (χ4v) is 1.06. The largest absolute Gasteiger partial charge is 2.00 e. The molecule has 3 nitrogen and oxygen atoms in total. The zero-order valence-corrected chi connectivity index (χ0v) is 14.0. The molecule has 6 heteroatoms. The quantitative estimate of drug-likeness (QED) is 0.527. The van der Waals surface area contributed by atoms with Gasteiger partial charge in [-0.3, -0.25) is 9.98 Å². The van der Waals surface area contributed by atoms with Crippen LogP contribution in [0.1, 0.15) is 39.1 Å². The second-order valence-corrected chi connectivity index (χ2v) is 4.23. The van der Waals surface area contributed by atoms with Crippen molar-refractivity contribution in [3.05, 3.63) is 29.6 Å². The van der Waals surface area contributed by atoms with Crippen LogP contribution in [0.5, 0.6) is 0 Å². The topological polar surface area (TPSA) is 37.6 Å². The predicted octanol–water partition coefficient (Wildman–Crippen LogP) is -3.26. The molecule has 0 aliphatic carbocycles. The molecule has 0 atom stereocenters. The molecule has 109 valence electrons. The van der Waals surface area contributed by atoms with Crippen LogP contribution in [-0.2, 0) is 16.8 Å². The third kappa shape index (κ3) is 11.1. The van der Waals surface area contributed by atoms with Gasteiger partial charge in [-0.05, 0) is 39.8 Å². The first kappa shape index (κ1) is 23.7. The van der Waals surface area contributed by atoms with Gasteiger partial charge in [0.25, 0.3) is 0 Å². The van der Waals surface area contributed by atoms with E-state index in [1.807, 2.05) is 45.9 Å². The smallest absolute Gasteiger partial charge is 1.00 e. The number of rotatable bonds is 4. The van der Waals surface area contributed by atoms with E-state index in [1.165, 1.54) is 0 Å². The number of nitrogens with zero attached hydrogens (tertiary/aromatic N) is 3. The van der Waals surface area contributed by atoms with E-state index in [-0.39, 0.29) is 41.6 Å². The molecule has 1 aromatic heterocycles. The summed E-state index contributed by atoms with van der Waals surface area (Å²) in [6.07, 6.45) is 3.61. The number of aliphatic imine (C=N–C) groups is 2. The molecule has 0 saturated heterocycles. The van der Waals surface area contributed by atoms with Gasteiger partial charge in [-0.15, -0.1) is 0 Å². The first-order chi connectivity index (χ1) is 7.58. The monoisotopic (exact) mass is 346 g/mol. The summed E-state index contributed by atoms with van der Waals surface area (Å²) >= 11 is 0. The van der Waals surface area contributed by atoms with Gasteiger partial charge in [0.05, 0.1) is 11.4 Å². The molecule has 0 saturated carbocycles. The third-order valence-electron chi connectivity index (χ3n) is 1.80. The van der Waals surface area contributed by atoms with Crippen molar-refractivity contribution in [3.8, 4) is 0 Å². The van der Waals surface area contributed by atoms with Crippen LogP contribution >= 0.6 is 0 Å². The van der Waals surface area contributed by atoms with E-state index in [9.17, 15) is 0 Å². The summed E-state index contributed by atoms with van der Waals surface area (Å²) in [5, 5.41) is 0. The normalized spacial score (nSPS) is 10.4. The molecule has 1 rings (SSSR count). The van der Waals surface area contributed by atoms with Crippen molar-refractivity contribution in [1.29, 1.82) is 0 Å². The number of hydrogen-bond acceptors (Lipinski definition) is 3. The van der Waals surface area contributed by atoms with Crippen molar-refractivity contribution in [1.82, 2.24) is 4.98 Å². The van der Waals surface area contributed by atoms with E-state index in [0.29, 0.717) is 12.1 Å². The molecule has 1 heterocycles. The Morgan fingerprint density at radius 2 is 1.26 bits per heavy atom. The molecule has 1 radical (unpaired) electrons. The van der Waals surface area contributed by atoms with Gasteiger partial charge in [-0.1, -0.05) is 6.07 Å². The van der Waals surface area contributed by atoms with Gasteiger partial charge in [-0.2, -0.15) is 0 Å². The minimum atomic E-state index is 0. The van der Waals surface area contributed by atoms with E-state index >= 15 is 0 Å². The number of hydrogen-bond donors (Lipinski definition) is 0. The molecular weight excluding hydrogens is 328 g/mol. The van der Waals surface area contributed by atoms with Crippen molar-refractivity contribution in [2.75, 3.05) is 0 Å². The van der Waals surface area contributed by atoms with Gasteiger partial charge in [-0.25, -0.2) is 4.98 Å². The minimum Gasteiger partial charge on any atom is -1.00 e. The maximum Gasteiger partial charge on any atom is 2.00 e. The second-order valence-electron chi connectivity index (χ2n) is 4.23. The van der Waals surface area contributed by atoms with Crippen molar-refractivity contribution in [2.24, 2.45) is 9.98 Å². The van der Waals surface area contributed by atoms with Crippen molar-refractivity contribution in [2.45, 2.75) is 39.8 Å². The molecule has 1 aromatic rings. The zero-order valence-electron chi connectivity index (χ0n) is 11.5. The van der Waals surface area contributed by atoms with Crippen LogP contribution in [0.25, 0.3) is 0 Å². The molecule has 0 N–H and O–H groups in total. The van der Waals surface area contributed by atoms with Gasteiger partial charge < -0.3 is 24.8 Å². The van der Waals surface area contributed by atoms with Crippen molar-refractivity contribution in [3.63, 3.8) is 0 Å². The SMILES string of the molecule is CC(C)N=Cc1cccc(C=NC(C)C)n1.[Cl-].[Cl-].[Co+2]. The third-order valence-corrected chi connectivity index (χ3v) is 1.80. The molecule has 0 aliphatic rings. The Labute approximate surface area is 138 Å². The fraction of sp³-hybridized carbons (Fsp3) is 0.462. The molecular formula is C13H19Cl2CoN3. The summed E-state index contributed by atoms with van der Waals surface area (Å²) in [6.45, 7) is 8.17. The minimum absolute atomic E-state index is 0. The summed E-state index contributed by atoms with van der Waals surface area (Å²) in [4.78, 5) is 13.0. The molecule has 0 fully saturated rings. The summed E-state index contributed by atoms with van der Waals surface area (Å²) in [6, 6.07) is 6.46. The number of pyridine rings is 1. The zero-order chi connectivity index (χ0) is 12.0.